The van der Waals surface area contributed by atoms with E-state index in [4.69, 9.17) is 0 Å². The van der Waals surface area contributed by atoms with Crippen LogP contribution in [0.2, 0.25) is 0 Å². The number of hydrogen-bond donors (Lipinski definition) is 1. The maximum atomic E-state index is 13.3. The lowest BCUT2D eigenvalue weighted by Crippen LogP contribution is -2.09. The van der Waals surface area contributed by atoms with Gasteiger partial charge in [-0.3, -0.25) is 4.68 Å². The molecular formula is C11H8F5N3. The van der Waals surface area contributed by atoms with Gasteiger partial charge in [-0.2, -0.15) is 5.10 Å². The molecule has 0 radical (unpaired) electrons. The largest absolute Gasteiger partial charge is 0.376 e. The molecule has 2 aromatic rings. The van der Waals surface area contributed by atoms with Crippen LogP contribution < -0.4 is 5.32 Å². The highest BCUT2D eigenvalue weighted by molar-refractivity contribution is 5.48. The summed E-state index contributed by atoms with van der Waals surface area (Å²) >= 11 is 0. The quantitative estimate of drug-likeness (QED) is 0.531. The topological polar surface area (TPSA) is 29.9 Å². The maximum absolute atomic E-state index is 13.3. The molecule has 19 heavy (non-hydrogen) atoms. The fraction of sp³-hybridized carbons (Fsp3) is 0.182. The molecule has 1 N–H and O–H groups in total. The lowest BCUT2D eigenvalue weighted by molar-refractivity contribution is 0.381. The average molecular weight is 277 g/mol. The van der Waals surface area contributed by atoms with Crippen molar-refractivity contribution in [2.45, 2.75) is 6.54 Å². The molecule has 0 bridgehead atoms. The number of anilines is 1. The lowest BCUT2D eigenvalue weighted by Gasteiger charge is -2.09. The third-order valence-electron chi connectivity index (χ3n) is 2.44. The number of aromatic nitrogens is 2. The molecule has 102 valence electrons. The molecule has 0 spiro atoms. The minimum absolute atomic E-state index is 0.119. The fourth-order valence-corrected chi connectivity index (χ4v) is 1.51. The number of hydrogen-bond acceptors (Lipinski definition) is 2. The van der Waals surface area contributed by atoms with Crippen LogP contribution in [0.4, 0.5) is 27.6 Å². The summed E-state index contributed by atoms with van der Waals surface area (Å²) in [5.74, 6) is -9.91. The molecule has 0 aliphatic carbocycles. The van der Waals surface area contributed by atoms with Crippen molar-refractivity contribution in [1.82, 2.24) is 9.78 Å². The smallest absolute Gasteiger partial charge is 0.200 e. The summed E-state index contributed by atoms with van der Waals surface area (Å²) in [6.45, 7) is -0.119. The summed E-state index contributed by atoms with van der Waals surface area (Å²) in [5.41, 5.74) is -0.522. The van der Waals surface area contributed by atoms with E-state index in [0.717, 1.165) is 0 Å². The zero-order valence-electron chi connectivity index (χ0n) is 9.65. The van der Waals surface area contributed by atoms with Gasteiger partial charge in [0.1, 0.15) is 5.69 Å². The summed E-state index contributed by atoms with van der Waals surface area (Å²) in [7, 11) is 1.63. The minimum Gasteiger partial charge on any atom is -0.376 e. The molecule has 1 aromatic heterocycles. The second-order valence-corrected chi connectivity index (χ2v) is 3.82. The first-order valence-electron chi connectivity index (χ1n) is 5.14. The lowest BCUT2D eigenvalue weighted by atomic mass is 10.2. The van der Waals surface area contributed by atoms with Gasteiger partial charge in [-0.15, -0.1) is 0 Å². The molecule has 8 heteroatoms. The Hall–Kier alpha value is -2.12. The number of nitrogens with one attached hydrogen (secondary N) is 1. The number of nitrogens with zero attached hydrogens (tertiary/aromatic N) is 2. The summed E-state index contributed by atoms with van der Waals surface area (Å²) < 4.78 is 66.7. The van der Waals surface area contributed by atoms with Crippen LogP contribution in [-0.2, 0) is 13.6 Å². The first-order valence-corrected chi connectivity index (χ1v) is 5.14. The molecule has 0 unspecified atom stereocenters. The van der Waals surface area contributed by atoms with Crippen molar-refractivity contribution in [1.29, 1.82) is 0 Å². The van der Waals surface area contributed by atoms with E-state index in [-0.39, 0.29) is 6.54 Å². The number of benzene rings is 1. The van der Waals surface area contributed by atoms with Gasteiger partial charge in [-0.25, -0.2) is 22.0 Å². The molecule has 0 amide bonds. The highest BCUT2D eigenvalue weighted by Gasteiger charge is 2.25. The molecule has 0 saturated heterocycles. The van der Waals surface area contributed by atoms with Crippen LogP contribution in [0.3, 0.4) is 0 Å². The van der Waals surface area contributed by atoms with Crippen LogP contribution in [0.15, 0.2) is 12.4 Å². The summed E-state index contributed by atoms with van der Waals surface area (Å²) in [5, 5.41) is 5.97. The van der Waals surface area contributed by atoms with E-state index < -0.39 is 34.8 Å². The van der Waals surface area contributed by atoms with E-state index in [1.165, 1.54) is 10.9 Å². The van der Waals surface area contributed by atoms with Crippen molar-refractivity contribution in [3.8, 4) is 0 Å². The monoisotopic (exact) mass is 277 g/mol. The number of aryl methyl sites for hydroxylation is 1. The van der Waals surface area contributed by atoms with Crippen molar-refractivity contribution in [3.05, 3.63) is 47.0 Å². The van der Waals surface area contributed by atoms with Gasteiger partial charge >= 0.3 is 0 Å². The Bertz CT molecular complexity index is 594. The Kier molecular flexibility index (Phi) is 3.41. The van der Waals surface area contributed by atoms with Crippen LogP contribution in [0.25, 0.3) is 0 Å². The van der Waals surface area contributed by atoms with Crippen LogP contribution >= 0.6 is 0 Å². The highest BCUT2D eigenvalue weighted by atomic mass is 19.2. The first-order chi connectivity index (χ1) is 8.91. The average Bonchev–Trinajstić information content (AvgIpc) is 2.80. The molecule has 1 heterocycles. The van der Waals surface area contributed by atoms with Crippen LogP contribution in [0, 0.1) is 29.1 Å². The predicted molar refractivity (Wildman–Crippen MR) is 56.8 cm³/mol. The molecule has 3 nitrogen and oxygen atoms in total. The second-order valence-electron chi connectivity index (χ2n) is 3.82. The van der Waals surface area contributed by atoms with E-state index in [9.17, 15) is 22.0 Å². The summed E-state index contributed by atoms with van der Waals surface area (Å²) in [4.78, 5) is 0. The Balaban J connectivity index is 2.30. The van der Waals surface area contributed by atoms with Crippen LogP contribution in [0.1, 0.15) is 5.56 Å². The first kappa shape index (κ1) is 13.3. The van der Waals surface area contributed by atoms with Gasteiger partial charge in [-0.05, 0) is 0 Å². The molecule has 0 aliphatic heterocycles. The maximum Gasteiger partial charge on any atom is 0.200 e. The Morgan fingerprint density at radius 3 is 2.00 bits per heavy atom. The van der Waals surface area contributed by atoms with E-state index >= 15 is 0 Å². The highest BCUT2D eigenvalue weighted by Crippen LogP contribution is 2.27. The number of halogens is 5. The zero-order valence-corrected chi connectivity index (χ0v) is 9.65. The van der Waals surface area contributed by atoms with Gasteiger partial charge in [0.2, 0.25) is 5.82 Å². The third-order valence-corrected chi connectivity index (χ3v) is 2.44. The van der Waals surface area contributed by atoms with E-state index in [1.807, 2.05) is 0 Å². The third kappa shape index (κ3) is 2.38. The summed E-state index contributed by atoms with van der Waals surface area (Å²) in [6.07, 6.45) is 2.94. The molecule has 2 rings (SSSR count). The van der Waals surface area contributed by atoms with Crippen LogP contribution in [-0.4, -0.2) is 9.78 Å². The second kappa shape index (κ2) is 4.87. The van der Waals surface area contributed by atoms with Crippen molar-refractivity contribution in [2.24, 2.45) is 7.05 Å². The van der Waals surface area contributed by atoms with Crippen molar-refractivity contribution in [3.63, 3.8) is 0 Å². The van der Waals surface area contributed by atoms with Crippen molar-refractivity contribution in [2.75, 3.05) is 5.32 Å². The van der Waals surface area contributed by atoms with Gasteiger partial charge in [-0.1, -0.05) is 0 Å². The van der Waals surface area contributed by atoms with Crippen molar-refractivity contribution >= 4 is 5.69 Å². The van der Waals surface area contributed by atoms with Gasteiger partial charge < -0.3 is 5.32 Å². The van der Waals surface area contributed by atoms with E-state index in [1.54, 1.807) is 13.2 Å². The van der Waals surface area contributed by atoms with Gasteiger partial charge in [0.15, 0.2) is 23.3 Å². The molecule has 1 aromatic carbocycles. The Morgan fingerprint density at radius 1 is 1.00 bits per heavy atom. The summed E-state index contributed by atoms with van der Waals surface area (Å²) in [6, 6.07) is 0. The predicted octanol–water partition coefficient (Wildman–Crippen LogP) is 2.73. The standard InChI is InChI=1S/C11H8F5N3/c1-19-4-5(3-18-19)2-17-11-9(15)7(13)6(12)8(14)10(11)16/h3-4,17H,2H2,1H3. The minimum atomic E-state index is -2.18. The molecule has 0 fully saturated rings. The normalized spacial score (nSPS) is 10.8. The zero-order chi connectivity index (χ0) is 14.2. The Morgan fingerprint density at radius 2 is 1.53 bits per heavy atom. The SMILES string of the molecule is Cn1cc(CNc2c(F)c(F)c(F)c(F)c2F)cn1. The fourth-order valence-electron chi connectivity index (χ4n) is 1.51. The molecular weight excluding hydrogens is 269 g/mol. The van der Waals surface area contributed by atoms with Crippen molar-refractivity contribution < 1.29 is 22.0 Å². The van der Waals surface area contributed by atoms with Gasteiger partial charge in [0.05, 0.1) is 6.20 Å². The van der Waals surface area contributed by atoms with Gasteiger partial charge in [0, 0.05) is 25.4 Å². The molecule has 0 atom stereocenters. The van der Waals surface area contributed by atoms with Crippen LogP contribution in [0.5, 0.6) is 0 Å². The van der Waals surface area contributed by atoms with Gasteiger partial charge in [0.25, 0.3) is 0 Å². The Labute approximate surface area is 104 Å². The van der Waals surface area contributed by atoms with E-state index in [2.05, 4.69) is 10.4 Å². The number of rotatable bonds is 3. The van der Waals surface area contributed by atoms with E-state index in [0.29, 0.717) is 5.56 Å². The molecule has 0 aliphatic rings. The molecule has 0 saturated carbocycles.